The third kappa shape index (κ3) is 0.865. The minimum Gasteiger partial charge on any atom is -0.457 e. The van der Waals surface area contributed by atoms with Crippen LogP contribution in [0.3, 0.4) is 0 Å². The van der Waals surface area contributed by atoms with E-state index < -0.39 is 0 Å². The minimum absolute atomic E-state index is 0.821. The van der Waals surface area contributed by atoms with E-state index in [1.165, 1.54) is 12.1 Å². The lowest BCUT2D eigenvalue weighted by Crippen LogP contribution is -1.84. The lowest BCUT2D eigenvalue weighted by atomic mass is 11.0. The molecule has 0 aromatic carbocycles. The fourth-order valence-corrected chi connectivity index (χ4v) is 2.30. The Balaban J connectivity index is 2.08. The monoisotopic (exact) mass is 100.0 g/mol. The van der Waals surface area contributed by atoms with Crippen LogP contribution >= 0.6 is 0 Å². The van der Waals surface area contributed by atoms with Crippen LogP contribution in [0.15, 0.2) is 0 Å². The number of hydrogen-bond donors (Lipinski definition) is 0. The molecule has 3 heteroatoms. The largest absolute Gasteiger partial charge is 0.457 e. The average molecular weight is 100 g/mol. The third-order valence-corrected chi connectivity index (χ3v) is 3.04. The maximum Gasteiger partial charge on any atom is 0.214 e. The fourth-order valence-electron chi connectivity index (χ4n) is 0.255. The van der Waals surface area contributed by atoms with Crippen LogP contribution in [-0.2, 0) is 4.12 Å². The Morgan fingerprint density at radius 2 is 1.80 bits per heavy atom. The van der Waals surface area contributed by atoms with Gasteiger partial charge >= 0.3 is 0 Å². The third-order valence-electron chi connectivity index (χ3n) is 0.473. The van der Waals surface area contributed by atoms with Crippen LogP contribution in [0.4, 0.5) is 0 Å². The zero-order valence-electron chi connectivity index (χ0n) is 2.82. The summed E-state index contributed by atoms with van der Waals surface area (Å²) in [6.45, 7) is 0. The molecular formula is C2H4OSi2. The minimum atomic E-state index is 0.821. The highest BCUT2D eigenvalue weighted by molar-refractivity contribution is 6.48. The summed E-state index contributed by atoms with van der Waals surface area (Å²) in [5.41, 5.74) is 0. The van der Waals surface area contributed by atoms with Gasteiger partial charge in [-0.2, -0.15) is 0 Å². The molecule has 0 atom stereocenters. The van der Waals surface area contributed by atoms with E-state index in [9.17, 15) is 0 Å². The first-order valence-electron chi connectivity index (χ1n) is 1.62. The van der Waals surface area contributed by atoms with Gasteiger partial charge in [0, 0.05) is 0 Å². The molecular weight excluding hydrogens is 96.2 g/mol. The predicted molar refractivity (Wildman–Crippen MR) is 22.2 cm³/mol. The summed E-state index contributed by atoms with van der Waals surface area (Å²) in [6.07, 6.45) is 0. The molecule has 1 nitrogen and oxygen atoms in total. The van der Waals surface area contributed by atoms with Crippen LogP contribution in [0.2, 0.25) is 12.1 Å². The quantitative estimate of drug-likeness (QED) is 0.392. The standard InChI is InChI=1S/C2H4OSi2/c1-2-5-3-4-1/h1-2H2. The second-order valence-corrected chi connectivity index (χ2v) is 3.28. The van der Waals surface area contributed by atoms with E-state index in [4.69, 9.17) is 4.12 Å². The van der Waals surface area contributed by atoms with E-state index in [1.807, 2.05) is 0 Å². The zero-order valence-corrected chi connectivity index (χ0v) is 4.82. The van der Waals surface area contributed by atoms with Crippen molar-refractivity contribution >= 4 is 19.5 Å². The van der Waals surface area contributed by atoms with Crippen molar-refractivity contribution in [3.05, 3.63) is 0 Å². The molecule has 1 fully saturated rings. The average Bonchev–Trinajstić information content (AvgIpc) is 1.76. The number of rotatable bonds is 0. The number of hydrogen-bond acceptors (Lipinski definition) is 1. The normalized spacial score (nSPS) is 24.0. The lowest BCUT2D eigenvalue weighted by molar-refractivity contribution is 0.665. The molecule has 1 heterocycles. The van der Waals surface area contributed by atoms with Crippen LogP contribution in [0, 0.1) is 0 Å². The Labute approximate surface area is 36.6 Å². The molecule has 5 heavy (non-hydrogen) atoms. The molecule has 4 radical (unpaired) electrons. The van der Waals surface area contributed by atoms with Gasteiger partial charge in [0.1, 0.15) is 0 Å². The Bertz CT molecular complexity index is 19.2. The maximum atomic E-state index is 5.00. The van der Waals surface area contributed by atoms with Crippen LogP contribution in [0.1, 0.15) is 0 Å². The van der Waals surface area contributed by atoms with E-state index in [-0.39, 0.29) is 0 Å². The summed E-state index contributed by atoms with van der Waals surface area (Å²) in [4.78, 5) is 0. The smallest absolute Gasteiger partial charge is 0.214 e. The molecule has 0 aromatic rings. The fraction of sp³-hybridized carbons (Fsp3) is 1.00. The van der Waals surface area contributed by atoms with Crippen molar-refractivity contribution in [3.63, 3.8) is 0 Å². The molecule has 0 aromatic heterocycles. The SMILES string of the molecule is C1C[Si]O[Si]1. The Kier molecular flexibility index (Phi) is 1.25. The van der Waals surface area contributed by atoms with Crippen molar-refractivity contribution < 1.29 is 4.12 Å². The van der Waals surface area contributed by atoms with E-state index in [0.29, 0.717) is 0 Å². The second kappa shape index (κ2) is 1.74. The maximum absolute atomic E-state index is 5.00. The van der Waals surface area contributed by atoms with E-state index >= 15 is 0 Å². The van der Waals surface area contributed by atoms with Gasteiger partial charge in [-0.3, -0.25) is 0 Å². The van der Waals surface area contributed by atoms with Crippen molar-refractivity contribution in [1.82, 2.24) is 0 Å². The lowest BCUT2D eigenvalue weighted by Gasteiger charge is -1.73. The van der Waals surface area contributed by atoms with Gasteiger partial charge in [0.2, 0.25) is 19.5 Å². The Hall–Kier alpha value is 0.394. The van der Waals surface area contributed by atoms with Crippen molar-refractivity contribution in [2.45, 2.75) is 12.1 Å². The van der Waals surface area contributed by atoms with Crippen LogP contribution in [-0.4, -0.2) is 19.5 Å². The molecule has 1 aliphatic rings. The van der Waals surface area contributed by atoms with E-state index in [2.05, 4.69) is 0 Å². The van der Waals surface area contributed by atoms with Gasteiger partial charge in [0.25, 0.3) is 0 Å². The van der Waals surface area contributed by atoms with E-state index in [1.54, 1.807) is 0 Å². The Morgan fingerprint density at radius 3 is 2.00 bits per heavy atom. The zero-order chi connectivity index (χ0) is 3.54. The Morgan fingerprint density at radius 1 is 1.20 bits per heavy atom. The van der Waals surface area contributed by atoms with Crippen LogP contribution in [0.25, 0.3) is 0 Å². The molecule has 0 aliphatic carbocycles. The summed E-state index contributed by atoms with van der Waals surface area (Å²) in [7, 11) is 1.64. The molecule has 0 saturated carbocycles. The molecule has 1 aliphatic heterocycles. The van der Waals surface area contributed by atoms with Crippen LogP contribution < -0.4 is 0 Å². The molecule has 0 spiro atoms. The second-order valence-electron chi connectivity index (χ2n) is 0.891. The highest BCUT2D eigenvalue weighted by Gasteiger charge is 2.00. The van der Waals surface area contributed by atoms with Gasteiger partial charge in [-0.25, -0.2) is 0 Å². The van der Waals surface area contributed by atoms with E-state index in [0.717, 1.165) is 19.5 Å². The summed E-state index contributed by atoms with van der Waals surface area (Å²) < 4.78 is 5.00. The van der Waals surface area contributed by atoms with Gasteiger partial charge < -0.3 is 4.12 Å². The summed E-state index contributed by atoms with van der Waals surface area (Å²) in [5.74, 6) is 0. The highest BCUT2D eigenvalue weighted by atomic mass is 28.3. The van der Waals surface area contributed by atoms with Crippen molar-refractivity contribution in [3.8, 4) is 0 Å². The summed E-state index contributed by atoms with van der Waals surface area (Å²) >= 11 is 0. The van der Waals surface area contributed by atoms with Gasteiger partial charge in [0.15, 0.2) is 0 Å². The molecule has 1 saturated heterocycles. The summed E-state index contributed by atoms with van der Waals surface area (Å²) in [5, 5.41) is 0. The van der Waals surface area contributed by atoms with Gasteiger partial charge in [-0.15, -0.1) is 0 Å². The first-order valence-corrected chi connectivity index (χ1v) is 3.85. The molecule has 26 valence electrons. The predicted octanol–water partition coefficient (Wildman–Crippen LogP) is 0.0916. The van der Waals surface area contributed by atoms with Crippen molar-refractivity contribution in [1.29, 1.82) is 0 Å². The summed E-state index contributed by atoms with van der Waals surface area (Å²) in [6, 6.07) is 2.64. The van der Waals surface area contributed by atoms with Crippen molar-refractivity contribution in [2.24, 2.45) is 0 Å². The molecule has 0 unspecified atom stereocenters. The first kappa shape index (κ1) is 3.58. The molecule has 0 amide bonds. The first-order chi connectivity index (χ1) is 2.50. The van der Waals surface area contributed by atoms with Gasteiger partial charge in [-0.05, 0) is 12.1 Å². The van der Waals surface area contributed by atoms with Gasteiger partial charge in [0.05, 0.1) is 0 Å². The topological polar surface area (TPSA) is 9.23 Å². The molecule has 0 bridgehead atoms. The highest BCUT2D eigenvalue weighted by Crippen LogP contribution is 1.96. The van der Waals surface area contributed by atoms with Gasteiger partial charge in [-0.1, -0.05) is 0 Å². The molecule has 0 N–H and O–H groups in total. The van der Waals surface area contributed by atoms with Crippen molar-refractivity contribution in [2.75, 3.05) is 0 Å². The van der Waals surface area contributed by atoms with Crippen LogP contribution in [0.5, 0.6) is 0 Å². The molecule has 1 rings (SSSR count).